The maximum atomic E-state index is 12.7. The van der Waals surface area contributed by atoms with Crippen LogP contribution in [0.25, 0.3) is 0 Å². The maximum Gasteiger partial charge on any atom is 0.282 e. The Bertz CT molecular complexity index is 970. The number of anilines is 1. The van der Waals surface area contributed by atoms with Crippen molar-refractivity contribution >= 4 is 33.0 Å². The number of rotatable bonds is 5. The highest BCUT2D eigenvalue weighted by Gasteiger charge is 2.34. The fraction of sp³-hybridized carbons (Fsp3) is 0.421. The summed E-state index contributed by atoms with van der Waals surface area (Å²) in [5.74, 6) is 1.20. The van der Waals surface area contributed by atoms with E-state index in [0.29, 0.717) is 60.8 Å². The number of piperazine rings is 1. The average molecular weight is 439 g/mol. The molecule has 0 spiro atoms. The van der Waals surface area contributed by atoms with Crippen LogP contribution in [0.1, 0.15) is 6.92 Å². The first kappa shape index (κ1) is 20.1. The van der Waals surface area contributed by atoms with Gasteiger partial charge in [-0.05, 0) is 30.5 Å². The largest absolute Gasteiger partial charge is 0.486 e. The van der Waals surface area contributed by atoms with Crippen molar-refractivity contribution in [3.63, 3.8) is 0 Å². The van der Waals surface area contributed by atoms with Crippen LogP contribution in [0.5, 0.6) is 11.5 Å². The van der Waals surface area contributed by atoms with E-state index in [-0.39, 0.29) is 11.9 Å². The SMILES string of the molecule is C[C@@H](C(=O)Nc1ccc2c(c1)OCCO2)[NH+]1CCN(S(=O)(=O)c2cccs2)CC1. The fourth-order valence-electron chi connectivity index (χ4n) is 3.54. The van der Waals surface area contributed by atoms with Crippen LogP contribution in [-0.4, -0.2) is 64.1 Å². The lowest BCUT2D eigenvalue weighted by Crippen LogP contribution is -3.19. The van der Waals surface area contributed by atoms with Crippen LogP contribution >= 0.6 is 11.3 Å². The molecule has 1 saturated heterocycles. The highest BCUT2D eigenvalue weighted by atomic mass is 32.2. The summed E-state index contributed by atoms with van der Waals surface area (Å²) in [5, 5.41) is 4.69. The second kappa shape index (κ2) is 8.31. The van der Waals surface area contributed by atoms with Crippen LogP contribution in [0.15, 0.2) is 39.9 Å². The number of carbonyl (C=O) groups is 1. The number of thiophene rings is 1. The number of quaternary nitrogens is 1. The Hall–Kier alpha value is -2.14. The van der Waals surface area contributed by atoms with Gasteiger partial charge in [-0.15, -0.1) is 11.3 Å². The van der Waals surface area contributed by atoms with Crippen LogP contribution in [0.3, 0.4) is 0 Å². The number of nitrogens with zero attached hydrogens (tertiary/aromatic N) is 1. The molecule has 0 aliphatic carbocycles. The van der Waals surface area contributed by atoms with Gasteiger partial charge in [-0.2, -0.15) is 4.31 Å². The highest BCUT2D eigenvalue weighted by Crippen LogP contribution is 2.32. The number of amides is 1. The lowest BCUT2D eigenvalue weighted by Gasteiger charge is -2.33. The molecule has 0 unspecified atom stereocenters. The molecule has 29 heavy (non-hydrogen) atoms. The molecule has 1 aromatic carbocycles. The lowest BCUT2D eigenvalue weighted by molar-refractivity contribution is -0.917. The third-order valence-corrected chi connectivity index (χ3v) is 8.54. The van der Waals surface area contributed by atoms with E-state index in [2.05, 4.69) is 5.32 Å². The molecule has 0 saturated carbocycles. The standard InChI is InChI=1S/C19H23N3O5S2/c1-14(19(23)20-15-4-5-16-17(13-15)27-11-10-26-16)21-6-8-22(9-7-21)29(24,25)18-3-2-12-28-18/h2-5,12-14H,6-11H2,1H3,(H,20,23)/p+1/t14-/m0/s1. The molecular weight excluding hydrogens is 414 g/mol. The van der Waals surface area contributed by atoms with Gasteiger partial charge in [0.05, 0.1) is 26.2 Å². The zero-order valence-electron chi connectivity index (χ0n) is 16.1. The molecule has 0 radical (unpaired) electrons. The molecule has 156 valence electrons. The smallest absolute Gasteiger partial charge is 0.282 e. The van der Waals surface area contributed by atoms with Crippen molar-refractivity contribution in [3.8, 4) is 11.5 Å². The lowest BCUT2D eigenvalue weighted by atomic mass is 10.2. The summed E-state index contributed by atoms with van der Waals surface area (Å²) in [6.45, 7) is 4.85. The fourth-order valence-corrected chi connectivity index (χ4v) is 6.13. The van der Waals surface area contributed by atoms with Crippen molar-refractivity contribution in [1.82, 2.24) is 4.31 Å². The van der Waals surface area contributed by atoms with Gasteiger partial charge in [-0.1, -0.05) is 6.07 Å². The van der Waals surface area contributed by atoms with Crippen LogP contribution < -0.4 is 19.7 Å². The number of ether oxygens (including phenoxy) is 2. The molecule has 2 aliphatic heterocycles. The number of fused-ring (bicyclic) bond motifs is 1. The summed E-state index contributed by atoms with van der Waals surface area (Å²) in [7, 11) is -3.43. The minimum absolute atomic E-state index is 0.105. The third-order valence-electron chi connectivity index (χ3n) is 5.27. The first-order valence-electron chi connectivity index (χ1n) is 9.54. The molecule has 3 heterocycles. The van der Waals surface area contributed by atoms with Crippen LogP contribution in [0.2, 0.25) is 0 Å². The summed E-state index contributed by atoms with van der Waals surface area (Å²) >= 11 is 1.23. The summed E-state index contributed by atoms with van der Waals surface area (Å²) in [6.07, 6.45) is 0. The summed E-state index contributed by atoms with van der Waals surface area (Å²) in [4.78, 5) is 13.8. The number of hydrogen-bond donors (Lipinski definition) is 2. The van der Waals surface area contributed by atoms with Gasteiger partial charge in [0.1, 0.15) is 17.4 Å². The van der Waals surface area contributed by atoms with Gasteiger partial charge in [0, 0.05) is 11.8 Å². The third kappa shape index (κ3) is 4.25. The first-order valence-corrected chi connectivity index (χ1v) is 11.9. The molecule has 1 aromatic heterocycles. The summed E-state index contributed by atoms with van der Waals surface area (Å²) < 4.78 is 38.2. The van der Waals surface area contributed by atoms with Crippen molar-refractivity contribution in [2.24, 2.45) is 0 Å². The summed E-state index contributed by atoms with van der Waals surface area (Å²) in [5.41, 5.74) is 0.657. The molecule has 2 N–H and O–H groups in total. The van der Waals surface area contributed by atoms with E-state index in [9.17, 15) is 13.2 Å². The minimum atomic E-state index is -3.43. The summed E-state index contributed by atoms with van der Waals surface area (Å²) in [6, 6.07) is 8.41. The topological polar surface area (TPSA) is 89.4 Å². The van der Waals surface area contributed by atoms with Crippen LogP contribution in [-0.2, 0) is 14.8 Å². The zero-order chi connectivity index (χ0) is 20.4. The monoisotopic (exact) mass is 438 g/mol. The molecule has 1 fully saturated rings. The molecule has 10 heteroatoms. The van der Waals surface area contributed by atoms with E-state index in [1.807, 2.05) is 6.92 Å². The number of hydrogen-bond acceptors (Lipinski definition) is 6. The minimum Gasteiger partial charge on any atom is -0.486 e. The normalized spacial score (nSPS) is 18.9. The van der Waals surface area contributed by atoms with Crippen LogP contribution in [0, 0.1) is 0 Å². The van der Waals surface area contributed by atoms with Crippen LogP contribution in [0.4, 0.5) is 5.69 Å². The Morgan fingerprint density at radius 2 is 1.90 bits per heavy atom. The predicted molar refractivity (Wildman–Crippen MR) is 109 cm³/mol. The van der Waals surface area contributed by atoms with Gasteiger partial charge >= 0.3 is 0 Å². The van der Waals surface area contributed by atoms with Gasteiger partial charge in [0.25, 0.3) is 15.9 Å². The molecule has 1 amide bonds. The number of sulfonamides is 1. The Labute approximate surface area is 174 Å². The zero-order valence-corrected chi connectivity index (χ0v) is 17.7. The van der Waals surface area contributed by atoms with Crippen molar-refractivity contribution < 1.29 is 27.6 Å². The molecular formula is C19H24N3O5S2+. The van der Waals surface area contributed by atoms with Crippen molar-refractivity contribution in [1.29, 1.82) is 0 Å². The highest BCUT2D eigenvalue weighted by molar-refractivity contribution is 7.91. The second-order valence-electron chi connectivity index (χ2n) is 7.06. The van der Waals surface area contributed by atoms with E-state index in [1.165, 1.54) is 15.6 Å². The van der Waals surface area contributed by atoms with Gasteiger partial charge < -0.3 is 19.7 Å². The van der Waals surface area contributed by atoms with Crippen molar-refractivity contribution in [2.75, 3.05) is 44.7 Å². The Kier molecular flexibility index (Phi) is 5.77. The van der Waals surface area contributed by atoms with E-state index in [1.54, 1.807) is 35.7 Å². The average Bonchev–Trinajstić information content (AvgIpc) is 3.29. The van der Waals surface area contributed by atoms with Crippen molar-refractivity contribution in [3.05, 3.63) is 35.7 Å². The molecule has 2 aromatic rings. The predicted octanol–water partition coefficient (Wildman–Crippen LogP) is 0.436. The Morgan fingerprint density at radius 3 is 2.59 bits per heavy atom. The van der Waals surface area contributed by atoms with Gasteiger partial charge in [0.2, 0.25) is 0 Å². The van der Waals surface area contributed by atoms with Crippen molar-refractivity contribution in [2.45, 2.75) is 17.2 Å². The molecule has 4 rings (SSSR count). The number of nitrogens with one attached hydrogen (secondary N) is 2. The van der Waals surface area contributed by atoms with Gasteiger partial charge in [-0.25, -0.2) is 8.42 Å². The van der Waals surface area contributed by atoms with Gasteiger partial charge in [-0.3, -0.25) is 4.79 Å². The Balaban J connectivity index is 1.34. The molecule has 1 atom stereocenters. The quantitative estimate of drug-likeness (QED) is 0.707. The van der Waals surface area contributed by atoms with E-state index in [0.717, 1.165) is 4.90 Å². The van der Waals surface area contributed by atoms with E-state index < -0.39 is 10.0 Å². The van der Waals surface area contributed by atoms with E-state index >= 15 is 0 Å². The maximum absolute atomic E-state index is 12.7. The molecule has 8 nitrogen and oxygen atoms in total. The Morgan fingerprint density at radius 1 is 1.17 bits per heavy atom. The second-order valence-corrected chi connectivity index (χ2v) is 10.2. The number of benzene rings is 1. The van der Waals surface area contributed by atoms with E-state index in [4.69, 9.17) is 9.47 Å². The first-order chi connectivity index (χ1) is 13.9. The molecule has 0 bridgehead atoms. The molecule has 2 aliphatic rings. The van der Waals surface area contributed by atoms with Gasteiger partial charge in [0.15, 0.2) is 17.5 Å². The number of carbonyl (C=O) groups excluding carboxylic acids is 1.